The highest BCUT2D eigenvalue weighted by molar-refractivity contribution is 5.51. The lowest BCUT2D eigenvalue weighted by Crippen LogP contribution is -1.97. The number of ether oxygens (including phenoxy) is 2. The molecule has 4 aromatic carbocycles. The molecule has 0 atom stereocenters. The summed E-state index contributed by atoms with van der Waals surface area (Å²) in [7, 11) is 0. The van der Waals surface area contributed by atoms with Gasteiger partial charge >= 0.3 is 0 Å². The van der Waals surface area contributed by atoms with E-state index >= 15 is 0 Å². The molecule has 32 heavy (non-hydrogen) atoms. The second-order valence-electron chi connectivity index (χ2n) is 7.77. The van der Waals surface area contributed by atoms with Crippen LogP contribution < -0.4 is 20.9 Å². The third-order valence-corrected chi connectivity index (χ3v) is 5.27. The molecule has 0 aliphatic carbocycles. The zero-order valence-corrected chi connectivity index (χ0v) is 18.0. The first kappa shape index (κ1) is 21.3. The molecule has 0 aliphatic rings. The maximum Gasteiger partial charge on any atom is 0.132 e. The topological polar surface area (TPSA) is 70.5 Å². The van der Waals surface area contributed by atoms with Gasteiger partial charge in [0.15, 0.2) is 0 Å². The number of para-hydroxylation sites is 2. The minimum absolute atomic E-state index is 0.698. The first-order valence-corrected chi connectivity index (χ1v) is 10.9. The van der Waals surface area contributed by atoms with E-state index in [0.29, 0.717) is 11.4 Å². The summed E-state index contributed by atoms with van der Waals surface area (Å²) >= 11 is 0. The van der Waals surface area contributed by atoms with Crippen LogP contribution in [-0.2, 0) is 12.8 Å². The van der Waals surface area contributed by atoms with Crippen LogP contribution in [0.2, 0.25) is 0 Å². The van der Waals surface area contributed by atoms with Crippen molar-refractivity contribution in [3.63, 3.8) is 0 Å². The Labute approximate surface area is 189 Å². The number of nitrogen functional groups attached to an aromatic ring is 2. The highest BCUT2D eigenvalue weighted by atomic mass is 16.5. The number of aryl methyl sites for hydroxylation is 2. The second-order valence-corrected chi connectivity index (χ2v) is 7.77. The van der Waals surface area contributed by atoms with E-state index in [1.165, 1.54) is 0 Å². The fourth-order valence-corrected chi connectivity index (χ4v) is 3.61. The molecule has 162 valence electrons. The van der Waals surface area contributed by atoms with Crippen LogP contribution in [0.25, 0.3) is 0 Å². The molecule has 4 aromatic rings. The van der Waals surface area contributed by atoms with E-state index in [-0.39, 0.29) is 0 Å². The molecule has 0 bridgehead atoms. The van der Waals surface area contributed by atoms with Gasteiger partial charge in [0.2, 0.25) is 0 Å². The van der Waals surface area contributed by atoms with Gasteiger partial charge in [-0.2, -0.15) is 0 Å². The average Bonchev–Trinajstić information content (AvgIpc) is 2.80. The molecule has 0 fully saturated rings. The van der Waals surface area contributed by atoms with Gasteiger partial charge in [-0.05, 0) is 73.2 Å². The van der Waals surface area contributed by atoms with Crippen molar-refractivity contribution in [1.29, 1.82) is 0 Å². The molecule has 0 unspecified atom stereocenters. The van der Waals surface area contributed by atoms with Crippen molar-refractivity contribution in [3.05, 3.63) is 108 Å². The van der Waals surface area contributed by atoms with Crippen LogP contribution in [0.1, 0.15) is 24.0 Å². The number of anilines is 2. The summed E-state index contributed by atoms with van der Waals surface area (Å²) in [5, 5.41) is 0. The normalized spacial score (nSPS) is 10.6. The first-order valence-electron chi connectivity index (χ1n) is 10.9. The standard InChI is InChI=1S/C28H28N2O2/c29-23-17-15-21(27(19-23)31-25-11-3-1-4-12-25)9-7-8-10-22-16-18-24(30)20-28(22)32-26-13-5-2-6-14-26/h1-6,11-20H,7-10,29-30H2. The van der Waals surface area contributed by atoms with Gasteiger partial charge in [0.05, 0.1) is 0 Å². The van der Waals surface area contributed by atoms with Crippen molar-refractivity contribution in [2.75, 3.05) is 11.5 Å². The lowest BCUT2D eigenvalue weighted by molar-refractivity contribution is 0.472. The molecule has 4 nitrogen and oxygen atoms in total. The van der Waals surface area contributed by atoms with Crippen LogP contribution >= 0.6 is 0 Å². The summed E-state index contributed by atoms with van der Waals surface area (Å²) in [6.45, 7) is 0. The van der Waals surface area contributed by atoms with Gasteiger partial charge in [0.1, 0.15) is 23.0 Å². The molecular formula is C28H28N2O2. The lowest BCUT2D eigenvalue weighted by atomic mass is 10.0. The van der Waals surface area contributed by atoms with E-state index in [2.05, 4.69) is 12.1 Å². The quantitative estimate of drug-likeness (QED) is 0.224. The highest BCUT2D eigenvalue weighted by Crippen LogP contribution is 2.31. The second kappa shape index (κ2) is 10.4. The number of hydrogen-bond donors (Lipinski definition) is 2. The van der Waals surface area contributed by atoms with E-state index in [1.807, 2.05) is 84.9 Å². The van der Waals surface area contributed by atoms with Gasteiger partial charge < -0.3 is 20.9 Å². The van der Waals surface area contributed by atoms with Crippen LogP contribution in [0.15, 0.2) is 97.1 Å². The van der Waals surface area contributed by atoms with E-state index in [9.17, 15) is 0 Å². The predicted octanol–water partition coefficient (Wildman–Crippen LogP) is 7.00. The Balaban J connectivity index is 1.39. The van der Waals surface area contributed by atoms with Crippen molar-refractivity contribution < 1.29 is 9.47 Å². The Kier molecular flexibility index (Phi) is 6.93. The van der Waals surface area contributed by atoms with Gasteiger partial charge in [0, 0.05) is 23.5 Å². The maximum absolute atomic E-state index is 6.09. The Bertz CT molecular complexity index is 1050. The Morgan fingerprint density at radius 2 is 0.906 bits per heavy atom. The summed E-state index contributed by atoms with van der Waals surface area (Å²) in [5.74, 6) is 3.25. The van der Waals surface area contributed by atoms with Crippen LogP contribution in [0, 0.1) is 0 Å². The Morgan fingerprint density at radius 3 is 1.31 bits per heavy atom. The van der Waals surface area contributed by atoms with Crippen LogP contribution in [-0.4, -0.2) is 0 Å². The molecule has 4 rings (SSSR count). The maximum atomic E-state index is 6.09. The van der Waals surface area contributed by atoms with E-state index < -0.39 is 0 Å². The van der Waals surface area contributed by atoms with Crippen molar-refractivity contribution >= 4 is 11.4 Å². The fourth-order valence-electron chi connectivity index (χ4n) is 3.61. The fraction of sp³-hybridized carbons (Fsp3) is 0.143. The smallest absolute Gasteiger partial charge is 0.132 e. The van der Waals surface area contributed by atoms with Gasteiger partial charge in [0.25, 0.3) is 0 Å². The molecule has 0 spiro atoms. The molecule has 4 N–H and O–H groups in total. The van der Waals surface area contributed by atoms with Gasteiger partial charge in [-0.1, -0.05) is 48.5 Å². The monoisotopic (exact) mass is 424 g/mol. The van der Waals surface area contributed by atoms with Gasteiger partial charge in [-0.15, -0.1) is 0 Å². The zero-order chi connectivity index (χ0) is 22.2. The number of unbranched alkanes of at least 4 members (excludes halogenated alkanes) is 1. The predicted molar refractivity (Wildman–Crippen MR) is 131 cm³/mol. The molecule has 0 saturated carbocycles. The summed E-state index contributed by atoms with van der Waals surface area (Å²) < 4.78 is 12.2. The third-order valence-electron chi connectivity index (χ3n) is 5.27. The summed E-state index contributed by atoms with van der Waals surface area (Å²) in [6.07, 6.45) is 3.85. The summed E-state index contributed by atoms with van der Waals surface area (Å²) in [4.78, 5) is 0. The Hall–Kier alpha value is -3.92. The third kappa shape index (κ3) is 5.82. The van der Waals surface area contributed by atoms with E-state index in [0.717, 1.165) is 59.8 Å². The van der Waals surface area contributed by atoms with E-state index in [1.54, 1.807) is 0 Å². The van der Waals surface area contributed by atoms with Crippen molar-refractivity contribution in [1.82, 2.24) is 0 Å². The van der Waals surface area contributed by atoms with Crippen molar-refractivity contribution in [2.24, 2.45) is 0 Å². The minimum atomic E-state index is 0.698. The average molecular weight is 425 g/mol. The molecule has 0 aliphatic heterocycles. The SMILES string of the molecule is Nc1ccc(CCCCc2ccc(N)cc2Oc2ccccc2)c(Oc2ccccc2)c1. The number of benzene rings is 4. The van der Waals surface area contributed by atoms with E-state index in [4.69, 9.17) is 20.9 Å². The first-order chi connectivity index (χ1) is 15.7. The van der Waals surface area contributed by atoms with Gasteiger partial charge in [-0.25, -0.2) is 0 Å². The number of nitrogens with two attached hydrogens (primary N) is 2. The largest absolute Gasteiger partial charge is 0.457 e. The molecule has 0 amide bonds. The molecule has 0 radical (unpaired) electrons. The van der Waals surface area contributed by atoms with Gasteiger partial charge in [-0.3, -0.25) is 0 Å². The lowest BCUT2D eigenvalue weighted by Gasteiger charge is -2.14. The Morgan fingerprint density at radius 1 is 0.500 bits per heavy atom. The van der Waals surface area contributed by atoms with Crippen LogP contribution in [0.3, 0.4) is 0 Å². The molecule has 0 aromatic heterocycles. The van der Waals surface area contributed by atoms with Crippen molar-refractivity contribution in [3.8, 4) is 23.0 Å². The molecular weight excluding hydrogens is 396 g/mol. The molecule has 0 saturated heterocycles. The van der Waals surface area contributed by atoms with Crippen LogP contribution in [0.5, 0.6) is 23.0 Å². The van der Waals surface area contributed by atoms with Crippen molar-refractivity contribution in [2.45, 2.75) is 25.7 Å². The summed E-state index contributed by atoms with van der Waals surface area (Å²) in [5.41, 5.74) is 15.7. The summed E-state index contributed by atoms with van der Waals surface area (Å²) in [6, 6.07) is 31.3. The zero-order valence-electron chi connectivity index (χ0n) is 18.0. The number of hydrogen-bond acceptors (Lipinski definition) is 4. The molecule has 0 heterocycles. The van der Waals surface area contributed by atoms with Crippen LogP contribution in [0.4, 0.5) is 11.4 Å². The molecule has 4 heteroatoms. The minimum Gasteiger partial charge on any atom is -0.457 e. The number of rotatable bonds is 9. The highest BCUT2D eigenvalue weighted by Gasteiger charge is 2.09.